The van der Waals surface area contributed by atoms with E-state index < -0.39 is 10.0 Å². The van der Waals surface area contributed by atoms with Crippen LogP contribution in [0.1, 0.15) is 12.8 Å². The first-order valence-corrected chi connectivity index (χ1v) is 8.68. The van der Waals surface area contributed by atoms with E-state index in [1.165, 1.54) is 4.31 Å². The fraction of sp³-hybridized carbons (Fsp3) is 0.500. The van der Waals surface area contributed by atoms with E-state index in [9.17, 15) is 8.42 Å². The molecule has 2 fully saturated rings. The van der Waals surface area contributed by atoms with Crippen molar-refractivity contribution in [2.75, 3.05) is 13.1 Å². The van der Waals surface area contributed by atoms with Crippen LogP contribution in [0.5, 0.6) is 0 Å². The van der Waals surface area contributed by atoms with Gasteiger partial charge in [0.05, 0.1) is 17.2 Å². The highest BCUT2D eigenvalue weighted by molar-refractivity contribution is 9.10. The summed E-state index contributed by atoms with van der Waals surface area (Å²) >= 11 is 9.33. The fourth-order valence-electron chi connectivity index (χ4n) is 2.60. The zero-order valence-corrected chi connectivity index (χ0v) is 13.2. The van der Waals surface area contributed by atoms with Crippen molar-refractivity contribution in [3.63, 3.8) is 0 Å². The summed E-state index contributed by atoms with van der Waals surface area (Å²) in [6, 6.07) is 4.83. The summed E-state index contributed by atoms with van der Waals surface area (Å²) in [6.07, 6.45) is 1.93. The molecular formula is C12H13BrClNO3S. The van der Waals surface area contributed by atoms with Crippen molar-refractivity contribution in [1.29, 1.82) is 0 Å². The van der Waals surface area contributed by atoms with E-state index in [0.717, 1.165) is 17.3 Å². The van der Waals surface area contributed by atoms with Gasteiger partial charge in [-0.3, -0.25) is 0 Å². The Morgan fingerprint density at radius 3 is 2.47 bits per heavy atom. The molecule has 0 spiro atoms. The van der Waals surface area contributed by atoms with Crippen molar-refractivity contribution in [2.24, 2.45) is 0 Å². The molecule has 2 aliphatic rings. The highest BCUT2D eigenvalue weighted by atomic mass is 79.9. The molecule has 2 saturated heterocycles. The molecular weight excluding hydrogens is 354 g/mol. The Bertz CT molecular complexity index is 595. The number of benzene rings is 1. The average Bonchev–Trinajstić information content (AvgIpc) is 2.67. The first kappa shape index (κ1) is 13.8. The number of halogens is 2. The maximum atomic E-state index is 12.6. The van der Waals surface area contributed by atoms with Crippen molar-refractivity contribution in [3.05, 3.63) is 27.7 Å². The lowest BCUT2D eigenvalue weighted by atomic mass is 10.2. The minimum atomic E-state index is -3.53. The van der Waals surface area contributed by atoms with E-state index in [0.29, 0.717) is 13.1 Å². The van der Waals surface area contributed by atoms with Gasteiger partial charge in [0.15, 0.2) is 0 Å². The Labute approximate surface area is 125 Å². The van der Waals surface area contributed by atoms with Crippen molar-refractivity contribution in [1.82, 2.24) is 4.31 Å². The van der Waals surface area contributed by atoms with Crippen LogP contribution in [0.3, 0.4) is 0 Å². The molecule has 0 amide bonds. The molecule has 0 radical (unpaired) electrons. The topological polar surface area (TPSA) is 46.6 Å². The first-order chi connectivity index (χ1) is 8.96. The standard InChI is InChI=1S/C12H13BrClNO3S/c13-8-1-4-12(11(14)5-8)19(16,17)15-6-9-2-3-10(7-15)18-9/h1,4-5,9-10H,2-3,6-7H2. The van der Waals surface area contributed by atoms with Gasteiger partial charge in [-0.15, -0.1) is 0 Å². The molecule has 1 aromatic carbocycles. The summed E-state index contributed by atoms with van der Waals surface area (Å²) < 4.78 is 33.1. The molecule has 3 rings (SSSR count). The van der Waals surface area contributed by atoms with E-state index in [4.69, 9.17) is 16.3 Å². The SMILES string of the molecule is O=S(=O)(c1ccc(Br)cc1Cl)N1CC2CCC(C1)O2. The lowest BCUT2D eigenvalue weighted by molar-refractivity contribution is -0.0114. The molecule has 0 saturated carbocycles. The number of nitrogens with zero attached hydrogens (tertiary/aromatic N) is 1. The second-order valence-electron chi connectivity index (χ2n) is 4.85. The Hall–Kier alpha value is -0.140. The molecule has 1 aromatic rings. The Kier molecular flexibility index (Phi) is 3.64. The normalized spacial score (nSPS) is 27.7. The summed E-state index contributed by atoms with van der Waals surface area (Å²) in [6.45, 7) is 0.844. The number of hydrogen-bond acceptors (Lipinski definition) is 3. The third kappa shape index (κ3) is 2.56. The summed E-state index contributed by atoms with van der Waals surface area (Å²) in [5, 5.41) is 0.244. The Morgan fingerprint density at radius 2 is 1.89 bits per heavy atom. The molecule has 2 aliphatic heterocycles. The molecule has 19 heavy (non-hydrogen) atoms. The van der Waals surface area contributed by atoms with Crippen LogP contribution in [-0.2, 0) is 14.8 Å². The van der Waals surface area contributed by atoms with Gasteiger partial charge in [0, 0.05) is 17.6 Å². The van der Waals surface area contributed by atoms with Gasteiger partial charge in [-0.1, -0.05) is 27.5 Å². The first-order valence-electron chi connectivity index (χ1n) is 6.07. The van der Waals surface area contributed by atoms with Crippen LogP contribution in [-0.4, -0.2) is 38.0 Å². The van der Waals surface area contributed by atoms with Gasteiger partial charge < -0.3 is 4.74 Å². The van der Waals surface area contributed by atoms with Gasteiger partial charge in [-0.05, 0) is 31.0 Å². The molecule has 104 valence electrons. The van der Waals surface area contributed by atoms with Gasteiger partial charge >= 0.3 is 0 Å². The highest BCUT2D eigenvalue weighted by Crippen LogP contribution is 2.33. The molecule has 4 nitrogen and oxygen atoms in total. The van der Waals surface area contributed by atoms with Gasteiger partial charge in [0.2, 0.25) is 10.0 Å². The van der Waals surface area contributed by atoms with Crippen molar-refractivity contribution >= 4 is 37.6 Å². The minimum Gasteiger partial charge on any atom is -0.372 e. The van der Waals surface area contributed by atoms with Gasteiger partial charge in [0.25, 0.3) is 0 Å². The van der Waals surface area contributed by atoms with E-state index in [1.807, 2.05) is 0 Å². The average molecular weight is 367 g/mol. The summed E-state index contributed by atoms with van der Waals surface area (Å²) in [5.41, 5.74) is 0. The Morgan fingerprint density at radius 1 is 1.26 bits per heavy atom. The second kappa shape index (κ2) is 5.00. The number of hydrogen-bond donors (Lipinski definition) is 0. The van der Waals surface area contributed by atoms with Crippen LogP contribution in [0.15, 0.2) is 27.6 Å². The maximum absolute atomic E-state index is 12.6. The third-order valence-corrected chi connectivity index (χ3v) is 6.33. The number of sulfonamides is 1. The molecule has 2 heterocycles. The van der Waals surface area contributed by atoms with Crippen LogP contribution in [0.4, 0.5) is 0 Å². The number of ether oxygens (including phenoxy) is 1. The van der Waals surface area contributed by atoms with Crippen LogP contribution in [0.25, 0.3) is 0 Å². The molecule has 2 unspecified atom stereocenters. The molecule has 7 heteroatoms. The van der Waals surface area contributed by atoms with E-state index in [-0.39, 0.29) is 22.1 Å². The monoisotopic (exact) mass is 365 g/mol. The minimum absolute atomic E-state index is 0.0303. The zero-order valence-electron chi connectivity index (χ0n) is 10.1. The largest absolute Gasteiger partial charge is 0.372 e. The zero-order chi connectivity index (χ0) is 13.6. The molecule has 0 aliphatic carbocycles. The maximum Gasteiger partial charge on any atom is 0.244 e. The van der Waals surface area contributed by atoms with Crippen molar-refractivity contribution in [3.8, 4) is 0 Å². The number of morpholine rings is 1. The van der Waals surface area contributed by atoms with E-state index in [2.05, 4.69) is 15.9 Å². The Balaban J connectivity index is 1.94. The lowest BCUT2D eigenvalue weighted by Crippen LogP contribution is -2.45. The molecule has 0 aromatic heterocycles. The predicted molar refractivity (Wildman–Crippen MR) is 75.8 cm³/mol. The third-order valence-electron chi connectivity index (χ3n) is 3.52. The lowest BCUT2D eigenvalue weighted by Gasteiger charge is -2.31. The van der Waals surface area contributed by atoms with Crippen molar-refractivity contribution in [2.45, 2.75) is 29.9 Å². The van der Waals surface area contributed by atoms with Gasteiger partial charge in [-0.25, -0.2) is 8.42 Å². The van der Waals surface area contributed by atoms with E-state index in [1.54, 1.807) is 18.2 Å². The smallest absolute Gasteiger partial charge is 0.244 e. The van der Waals surface area contributed by atoms with Crippen molar-refractivity contribution < 1.29 is 13.2 Å². The summed E-state index contributed by atoms with van der Waals surface area (Å²) in [7, 11) is -3.53. The van der Waals surface area contributed by atoms with E-state index >= 15 is 0 Å². The molecule has 2 bridgehead atoms. The van der Waals surface area contributed by atoms with Gasteiger partial charge in [-0.2, -0.15) is 4.31 Å². The van der Waals surface area contributed by atoms with Crippen LogP contribution in [0, 0.1) is 0 Å². The van der Waals surface area contributed by atoms with Crippen LogP contribution < -0.4 is 0 Å². The molecule has 0 N–H and O–H groups in total. The summed E-state index contributed by atoms with van der Waals surface area (Å²) in [4.78, 5) is 0.165. The molecule has 2 atom stereocenters. The quantitative estimate of drug-likeness (QED) is 0.808. The number of rotatable bonds is 2. The van der Waals surface area contributed by atoms with Gasteiger partial charge in [0.1, 0.15) is 4.90 Å². The van der Waals surface area contributed by atoms with Crippen LogP contribution in [0.2, 0.25) is 5.02 Å². The summed E-state index contributed by atoms with van der Waals surface area (Å²) in [5.74, 6) is 0. The highest BCUT2D eigenvalue weighted by Gasteiger charge is 2.39. The second-order valence-corrected chi connectivity index (χ2v) is 8.08. The number of fused-ring (bicyclic) bond motifs is 2. The van der Waals surface area contributed by atoms with Crippen LogP contribution >= 0.6 is 27.5 Å². The fourth-order valence-corrected chi connectivity index (χ4v) is 5.11. The predicted octanol–water partition coefficient (Wildman–Crippen LogP) is 2.65.